The molecule has 13 heteroatoms. The topological polar surface area (TPSA) is 139 Å². The van der Waals surface area contributed by atoms with Gasteiger partial charge in [-0.15, -0.1) is 0 Å². The van der Waals surface area contributed by atoms with E-state index in [2.05, 4.69) is 9.97 Å². The number of rotatable bonds is 9. The van der Waals surface area contributed by atoms with Gasteiger partial charge < -0.3 is 25.6 Å². The molecular weight excluding hydrogens is 586 g/mol. The summed E-state index contributed by atoms with van der Waals surface area (Å²) >= 11 is 19.0. The Balaban J connectivity index is 1.32. The van der Waals surface area contributed by atoms with Crippen LogP contribution in [0.4, 0.5) is 10.2 Å². The van der Waals surface area contributed by atoms with Gasteiger partial charge in [0.15, 0.2) is 17.4 Å². The summed E-state index contributed by atoms with van der Waals surface area (Å²) in [6, 6.07) is 5.55. The van der Waals surface area contributed by atoms with Gasteiger partial charge in [-0.1, -0.05) is 40.9 Å². The number of carboxylic acids is 1. The van der Waals surface area contributed by atoms with E-state index in [4.69, 9.17) is 50.4 Å². The van der Waals surface area contributed by atoms with Gasteiger partial charge in [-0.3, -0.25) is 9.78 Å². The number of aromatic nitrogens is 2. The highest BCUT2D eigenvalue weighted by atomic mass is 35.5. The smallest absolute Gasteiger partial charge is 0.337 e. The number of hydrogen-bond donors (Lipinski definition) is 3. The number of carbonyl (C=O) groups is 2. The van der Waals surface area contributed by atoms with Crippen LogP contribution < -0.4 is 15.4 Å². The number of β-amino-alcohol motifs (C(OH)–C–C–N with tert-alkyl or cyclic N) is 1. The number of nitrogens with two attached hydrogens (primary N) is 1. The van der Waals surface area contributed by atoms with Crippen LogP contribution in [0.3, 0.4) is 0 Å². The zero-order chi connectivity index (χ0) is 28.8. The van der Waals surface area contributed by atoms with E-state index in [1.807, 2.05) is 0 Å². The van der Waals surface area contributed by atoms with E-state index in [0.29, 0.717) is 16.9 Å². The molecule has 1 saturated carbocycles. The minimum absolute atomic E-state index is 0.0178. The van der Waals surface area contributed by atoms with Crippen molar-refractivity contribution in [2.24, 2.45) is 11.7 Å². The first-order chi connectivity index (χ1) is 19.0. The average molecular weight is 608 g/mol. The zero-order valence-electron chi connectivity index (χ0n) is 20.7. The van der Waals surface area contributed by atoms with E-state index in [0.717, 1.165) is 25.1 Å². The zero-order valence-corrected chi connectivity index (χ0v) is 23.0. The first-order valence-electron chi connectivity index (χ1n) is 12.1. The number of carbonyl (C=O) groups excluding carboxylic acids is 1. The molecule has 0 atom stereocenters. The average Bonchev–Trinajstić information content (AvgIpc) is 3.72. The van der Waals surface area contributed by atoms with Gasteiger partial charge in [0.25, 0.3) is 0 Å². The summed E-state index contributed by atoms with van der Waals surface area (Å²) < 4.78 is 20.3. The Hall–Kier alpha value is -3.44. The van der Waals surface area contributed by atoms with Crippen molar-refractivity contribution in [2.45, 2.75) is 18.4 Å². The number of hydrogen-bond acceptors (Lipinski definition) is 8. The van der Waals surface area contributed by atoms with Gasteiger partial charge in [0.1, 0.15) is 18.0 Å². The van der Waals surface area contributed by atoms with E-state index in [1.54, 1.807) is 12.1 Å². The molecule has 40 heavy (non-hydrogen) atoms. The molecule has 2 fully saturated rings. The second-order valence-electron chi connectivity index (χ2n) is 9.66. The first-order valence-corrected chi connectivity index (χ1v) is 13.2. The number of pyridine rings is 2. The Bertz CT molecular complexity index is 1540. The SMILES string of the molecule is NC(=C(COc1ccc(C2(O)CN(c3ncc(C(=O)O)cc3F)C2)c(Cl)c1)C(=O)C1CC1)c1c(Cl)cncc1Cl. The highest BCUT2D eigenvalue weighted by Crippen LogP contribution is 2.40. The molecule has 0 unspecified atom stereocenters. The van der Waals surface area contributed by atoms with Gasteiger partial charge in [0.05, 0.1) is 45.0 Å². The maximum absolute atomic E-state index is 14.4. The van der Waals surface area contributed by atoms with Crippen molar-refractivity contribution in [2.75, 3.05) is 24.6 Å². The number of aromatic carboxylic acids is 1. The van der Waals surface area contributed by atoms with Crippen LogP contribution in [0.2, 0.25) is 15.1 Å². The highest BCUT2D eigenvalue weighted by molar-refractivity contribution is 6.37. The third-order valence-electron chi connectivity index (χ3n) is 6.79. The maximum atomic E-state index is 14.4. The third-order valence-corrected chi connectivity index (χ3v) is 7.68. The first kappa shape index (κ1) is 28.1. The second kappa shape index (κ2) is 10.9. The van der Waals surface area contributed by atoms with E-state index in [-0.39, 0.29) is 69.1 Å². The molecule has 2 aromatic heterocycles. The van der Waals surface area contributed by atoms with Crippen LogP contribution in [0.15, 0.2) is 48.4 Å². The van der Waals surface area contributed by atoms with Crippen molar-refractivity contribution in [3.8, 4) is 5.75 Å². The van der Waals surface area contributed by atoms with Crippen molar-refractivity contribution < 1.29 is 28.9 Å². The van der Waals surface area contributed by atoms with E-state index in [1.165, 1.54) is 23.4 Å². The second-order valence-corrected chi connectivity index (χ2v) is 10.9. The molecule has 1 aliphatic carbocycles. The fraction of sp³-hybridized carbons (Fsp3) is 0.259. The predicted molar refractivity (Wildman–Crippen MR) is 147 cm³/mol. The van der Waals surface area contributed by atoms with Crippen molar-refractivity contribution in [3.05, 3.63) is 86.0 Å². The largest absolute Gasteiger partial charge is 0.489 e. The monoisotopic (exact) mass is 606 g/mol. The Morgan fingerprint density at radius 3 is 2.35 bits per heavy atom. The lowest BCUT2D eigenvalue weighted by Crippen LogP contribution is -2.60. The van der Waals surface area contributed by atoms with Gasteiger partial charge in [-0.25, -0.2) is 14.2 Å². The molecule has 1 saturated heterocycles. The summed E-state index contributed by atoms with van der Waals surface area (Å²) in [7, 11) is 0. The van der Waals surface area contributed by atoms with E-state index in [9.17, 15) is 19.1 Å². The normalized spacial score (nSPS) is 16.7. The summed E-state index contributed by atoms with van der Waals surface area (Å²) in [4.78, 5) is 33.3. The molecule has 0 spiro atoms. The standard InChI is InChI=1S/C27H22Cl3FN4O5/c28-18-6-15(40-10-16(24(36)13-1-2-13)23(32)22-19(29)8-33-9-20(22)30)3-4-17(18)27(39)11-35(12-27)25-21(31)5-14(7-34-25)26(37)38/h3-9,13,39H,1-2,10-12,32H2,(H,37,38). The maximum Gasteiger partial charge on any atom is 0.337 e. The Morgan fingerprint density at radius 1 is 1.10 bits per heavy atom. The van der Waals surface area contributed by atoms with Crippen LogP contribution in [0.1, 0.15) is 34.3 Å². The van der Waals surface area contributed by atoms with Crippen LogP contribution in [0.5, 0.6) is 5.75 Å². The Kier molecular flexibility index (Phi) is 7.62. The molecule has 0 bridgehead atoms. The quantitative estimate of drug-likeness (QED) is 0.295. The number of carboxylic acid groups (broad SMARTS) is 1. The molecule has 1 aliphatic heterocycles. The van der Waals surface area contributed by atoms with E-state index < -0.39 is 17.4 Å². The predicted octanol–water partition coefficient (Wildman–Crippen LogP) is 4.71. The van der Waals surface area contributed by atoms with Gasteiger partial charge in [-0.05, 0) is 31.0 Å². The molecule has 3 aromatic rings. The van der Waals surface area contributed by atoms with Crippen LogP contribution in [0, 0.1) is 11.7 Å². The molecule has 208 valence electrons. The molecule has 4 N–H and O–H groups in total. The molecule has 0 amide bonds. The number of benzene rings is 1. The van der Waals surface area contributed by atoms with Gasteiger partial charge in [0, 0.05) is 35.6 Å². The van der Waals surface area contributed by atoms with Gasteiger partial charge in [0.2, 0.25) is 0 Å². The minimum Gasteiger partial charge on any atom is -0.489 e. The lowest BCUT2D eigenvalue weighted by Gasteiger charge is -2.47. The molecule has 0 radical (unpaired) electrons. The fourth-order valence-electron chi connectivity index (χ4n) is 4.50. The Labute approximate surface area is 242 Å². The molecule has 5 rings (SSSR count). The van der Waals surface area contributed by atoms with Crippen molar-refractivity contribution in [3.63, 3.8) is 0 Å². The van der Waals surface area contributed by atoms with Crippen LogP contribution in [-0.4, -0.2) is 51.6 Å². The van der Waals surface area contributed by atoms with Crippen molar-refractivity contribution in [1.82, 2.24) is 9.97 Å². The molecule has 1 aromatic carbocycles. The number of nitrogens with zero attached hydrogens (tertiary/aromatic N) is 3. The molecule has 2 aliphatic rings. The number of ketones is 1. The van der Waals surface area contributed by atoms with Crippen LogP contribution in [0.25, 0.3) is 5.70 Å². The van der Waals surface area contributed by atoms with Crippen molar-refractivity contribution in [1.29, 1.82) is 0 Å². The lowest BCUT2D eigenvalue weighted by atomic mass is 9.86. The highest BCUT2D eigenvalue weighted by Gasteiger charge is 2.45. The lowest BCUT2D eigenvalue weighted by molar-refractivity contribution is -0.116. The number of halogens is 4. The van der Waals surface area contributed by atoms with E-state index >= 15 is 0 Å². The number of Topliss-reactive ketones (excluding diaryl/α,β-unsaturated/α-hetero) is 1. The number of aliphatic hydroxyl groups is 1. The number of anilines is 1. The fourth-order valence-corrected chi connectivity index (χ4v) is 5.41. The molecular formula is C27H22Cl3FN4O5. The summed E-state index contributed by atoms with van der Waals surface area (Å²) in [5, 5.41) is 20.7. The van der Waals surface area contributed by atoms with Crippen LogP contribution in [-0.2, 0) is 10.4 Å². The summed E-state index contributed by atoms with van der Waals surface area (Å²) in [6.45, 7) is -0.201. The summed E-state index contributed by atoms with van der Waals surface area (Å²) in [5.41, 5.74) is 5.72. The Morgan fingerprint density at radius 2 is 1.77 bits per heavy atom. The minimum atomic E-state index is -1.40. The van der Waals surface area contributed by atoms with Gasteiger partial charge in [-0.2, -0.15) is 0 Å². The van der Waals surface area contributed by atoms with Gasteiger partial charge >= 0.3 is 5.97 Å². The van der Waals surface area contributed by atoms with Crippen LogP contribution >= 0.6 is 34.8 Å². The molecule has 3 heterocycles. The third kappa shape index (κ3) is 5.44. The molecule has 9 nitrogen and oxygen atoms in total. The summed E-state index contributed by atoms with van der Waals surface area (Å²) in [5.74, 6) is -2.14. The van der Waals surface area contributed by atoms with Crippen molar-refractivity contribution >= 4 is 58.1 Å². The summed E-state index contributed by atoms with van der Waals surface area (Å²) in [6.07, 6.45) is 5.34. The number of ether oxygens (including phenoxy) is 1.